The number of nitrogens with one attached hydrogen (secondary N) is 2. The molecule has 1 aromatic heterocycles. The number of aryl methyl sites for hydroxylation is 1. The molecule has 1 fully saturated rings. The summed E-state index contributed by atoms with van der Waals surface area (Å²) in [5.74, 6) is 0.143. The fourth-order valence-electron chi connectivity index (χ4n) is 2.70. The van der Waals surface area contributed by atoms with E-state index in [0.717, 1.165) is 16.2 Å². The van der Waals surface area contributed by atoms with Crippen LogP contribution in [0.15, 0.2) is 29.6 Å². The number of hydrogen-bond acceptors (Lipinski definition) is 6. The number of anilines is 1. The molecule has 2 N–H and O–H groups in total. The lowest BCUT2D eigenvalue weighted by Crippen LogP contribution is -2.31. The number of methoxy groups -OCH3 is 1. The molecule has 142 valence electrons. The first kappa shape index (κ1) is 18.8. The Kier molecular flexibility index (Phi) is 5.70. The zero-order valence-corrected chi connectivity index (χ0v) is 15.8. The SMILES string of the molecule is COc1ccc(CN2C(=O)N[C@H](CCC(=O)Nc3nc(C)cs3)C2=O)cc1. The second-order valence-electron chi connectivity index (χ2n) is 6.16. The van der Waals surface area contributed by atoms with Gasteiger partial charge in [0, 0.05) is 11.8 Å². The normalized spacial score (nSPS) is 16.4. The Labute approximate surface area is 160 Å². The van der Waals surface area contributed by atoms with E-state index in [-0.39, 0.29) is 31.2 Å². The maximum atomic E-state index is 12.5. The Bertz CT molecular complexity index is 849. The zero-order chi connectivity index (χ0) is 19.4. The number of aromatic nitrogens is 1. The van der Waals surface area contributed by atoms with E-state index in [1.54, 1.807) is 31.4 Å². The number of ether oxygens (including phenoxy) is 1. The molecule has 1 atom stereocenters. The number of imide groups is 1. The number of thiazole rings is 1. The fourth-order valence-corrected chi connectivity index (χ4v) is 3.41. The van der Waals surface area contributed by atoms with Crippen LogP contribution in [0.4, 0.5) is 9.93 Å². The van der Waals surface area contributed by atoms with Gasteiger partial charge in [-0.05, 0) is 31.0 Å². The molecule has 2 aromatic rings. The highest BCUT2D eigenvalue weighted by molar-refractivity contribution is 7.13. The summed E-state index contributed by atoms with van der Waals surface area (Å²) in [5.41, 5.74) is 1.65. The van der Waals surface area contributed by atoms with Gasteiger partial charge < -0.3 is 15.4 Å². The highest BCUT2D eigenvalue weighted by Crippen LogP contribution is 2.18. The number of benzene rings is 1. The van der Waals surface area contributed by atoms with Crippen LogP contribution in [0.3, 0.4) is 0 Å². The number of amides is 4. The van der Waals surface area contributed by atoms with E-state index in [1.165, 1.54) is 11.3 Å². The maximum Gasteiger partial charge on any atom is 0.325 e. The van der Waals surface area contributed by atoms with Crippen molar-refractivity contribution in [3.63, 3.8) is 0 Å². The van der Waals surface area contributed by atoms with Gasteiger partial charge in [-0.3, -0.25) is 14.5 Å². The third-order valence-corrected chi connectivity index (χ3v) is 5.01. The summed E-state index contributed by atoms with van der Waals surface area (Å²) in [4.78, 5) is 41.9. The van der Waals surface area contributed by atoms with Crippen molar-refractivity contribution in [3.05, 3.63) is 40.9 Å². The summed E-state index contributed by atoms with van der Waals surface area (Å²) >= 11 is 1.34. The first-order valence-corrected chi connectivity index (χ1v) is 9.31. The minimum atomic E-state index is -0.695. The van der Waals surface area contributed by atoms with Crippen LogP contribution in [0, 0.1) is 6.92 Å². The number of carbonyl (C=O) groups is 3. The number of carbonyl (C=O) groups excluding carboxylic acids is 3. The van der Waals surface area contributed by atoms with E-state index in [1.807, 2.05) is 12.3 Å². The lowest BCUT2D eigenvalue weighted by molar-refractivity contribution is -0.128. The molecular formula is C18H20N4O4S. The van der Waals surface area contributed by atoms with Crippen LogP contribution in [0.1, 0.15) is 24.1 Å². The molecule has 3 rings (SSSR count). The molecule has 8 nitrogen and oxygen atoms in total. The second-order valence-corrected chi connectivity index (χ2v) is 7.01. The molecule has 1 saturated heterocycles. The van der Waals surface area contributed by atoms with Gasteiger partial charge in [-0.25, -0.2) is 9.78 Å². The smallest absolute Gasteiger partial charge is 0.325 e. The Morgan fingerprint density at radius 3 is 2.70 bits per heavy atom. The lowest BCUT2D eigenvalue weighted by atomic mass is 10.1. The van der Waals surface area contributed by atoms with Crippen LogP contribution >= 0.6 is 11.3 Å². The molecule has 0 aliphatic carbocycles. The Balaban J connectivity index is 1.52. The fraction of sp³-hybridized carbons (Fsp3) is 0.333. The molecule has 0 spiro atoms. The molecule has 27 heavy (non-hydrogen) atoms. The van der Waals surface area contributed by atoms with Gasteiger partial charge in [0.2, 0.25) is 5.91 Å². The maximum absolute atomic E-state index is 12.5. The van der Waals surface area contributed by atoms with Crippen molar-refractivity contribution in [2.24, 2.45) is 0 Å². The molecular weight excluding hydrogens is 368 g/mol. The van der Waals surface area contributed by atoms with E-state index >= 15 is 0 Å². The van der Waals surface area contributed by atoms with Crippen LogP contribution in [0.25, 0.3) is 0 Å². The van der Waals surface area contributed by atoms with Gasteiger partial charge in [0.05, 0.1) is 19.3 Å². The van der Waals surface area contributed by atoms with Crippen LogP contribution in [0.5, 0.6) is 5.75 Å². The van der Waals surface area contributed by atoms with E-state index in [2.05, 4.69) is 15.6 Å². The van der Waals surface area contributed by atoms with Crippen molar-refractivity contribution in [2.75, 3.05) is 12.4 Å². The van der Waals surface area contributed by atoms with E-state index in [9.17, 15) is 14.4 Å². The molecule has 1 aliphatic heterocycles. The average Bonchev–Trinajstić information content (AvgIpc) is 3.18. The Morgan fingerprint density at radius 2 is 2.07 bits per heavy atom. The summed E-state index contributed by atoms with van der Waals surface area (Å²) in [6, 6.07) is 6.01. The van der Waals surface area contributed by atoms with Gasteiger partial charge in [-0.2, -0.15) is 0 Å². The minimum absolute atomic E-state index is 0.117. The first-order chi connectivity index (χ1) is 13.0. The van der Waals surface area contributed by atoms with Gasteiger partial charge in [0.25, 0.3) is 5.91 Å². The Hall–Kier alpha value is -2.94. The lowest BCUT2D eigenvalue weighted by Gasteiger charge is -2.13. The summed E-state index contributed by atoms with van der Waals surface area (Å²) in [5, 5.41) is 7.70. The largest absolute Gasteiger partial charge is 0.497 e. The molecule has 0 radical (unpaired) electrons. The molecule has 4 amide bonds. The first-order valence-electron chi connectivity index (χ1n) is 8.43. The third kappa shape index (κ3) is 4.62. The number of urea groups is 1. The number of hydrogen-bond donors (Lipinski definition) is 2. The van der Waals surface area contributed by atoms with E-state index in [0.29, 0.717) is 10.9 Å². The molecule has 1 aromatic carbocycles. The van der Waals surface area contributed by atoms with Crippen molar-refractivity contribution >= 4 is 34.3 Å². The number of rotatable bonds is 7. The summed E-state index contributed by atoms with van der Waals surface area (Å²) in [6.07, 6.45) is 0.353. The quantitative estimate of drug-likeness (QED) is 0.709. The monoisotopic (exact) mass is 388 g/mol. The average molecular weight is 388 g/mol. The molecule has 0 unspecified atom stereocenters. The predicted molar refractivity (Wildman–Crippen MR) is 101 cm³/mol. The van der Waals surface area contributed by atoms with Crippen molar-refractivity contribution < 1.29 is 19.1 Å². The van der Waals surface area contributed by atoms with Crippen molar-refractivity contribution in [1.29, 1.82) is 0 Å². The van der Waals surface area contributed by atoms with Crippen molar-refractivity contribution in [3.8, 4) is 5.75 Å². The molecule has 9 heteroatoms. The van der Waals surface area contributed by atoms with E-state index in [4.69, 9.17) is 4.74 Å². The predicted octanol–water partition coefficient (Wildman–Crippen LogP) is 2.30. The van der Waals surface area contributed by atoms with Gasteiger partial charge in [0.15, 0.2) is 5.13 Å². The second kappa shape index (κ2) is 8.17. The number of nitrogens with zero attached hydrogens (tertiary/aromatic N) is 2. The van der Waals surface area contributed by atoms with Gasteiger partial charge in [-0.1, -0.05) is 12.1 Å². The molecule has 2 heterocycles. The van der Waals surface area contributed by atoms with E-state index < -0.39 is 12.1 Å². The van der Waals surface area contributed by atoms with Crippen LogP contribution in [-0.2, 0) is 16.1 Å². The summed E-state index contributed by atoms with van der Waals surface area (Å²) < 4.78 is 5.10. The highest BCUT2D eigenvalue weighted by atomic mass is 32.1. The third-order valence-electron chi connectivity index (χ3n) is 4.13. The van der Waals surface area contributed by atoms with Gasteiger partial charge in [0.1, 0.15) is 11.8 Å². The molecule has 0 bridgehead atoms. The molecule has 0 saturated carbocycles. The topological polar surface area (TPSA) is 101 Å². The minimum Gasteiger partial charge on any atom is -0.497 e. The zero-order valence-electron chi connectivity index (χ0n) is 15.0. The van der Waals surface area contributed by atoms with Gasteiger partial charge in [-0.15, -0.1) is 11.3 Å². The van der Waals surface area contributed by atoms with Crippen LogP contribution in [-0.4, -0.2) is 40.9 Å². The van der Waals surface area contributed by atoms with Crippen molar-refractivity contribution in [2.45, 2.75) is 32.4 Å². The van der Waals surface area contributed by atoms with Crippen molar-refractivity contribution in [1.82, 2.24) is 15.2 Å². The summed E-state index contributed by atoms with van der Waals surface area (Å²) in [6.45, 7) is 2.02. The van der Waals surface area contributed by atoms with Gasteiger partial charge >= 0.3 is 6.03 Å². The Morgan fingerprint density at radius 1 is 1.33 bits per heavy atom. The van der Waals surface area contributed by atoms with Crippen LogP contribution in [0.2, 0.25) is 0 Å². The standard InChI is InChI=1S/C18H20N4O4S/c1-11-10-27-17(19-11)21-15(23)8-7-14-16(24)22(18(25)20-14)9-12-3-5-13(26-2)6-4-12/h3-6,10,14H,7-9H2,1-2H3,(H,20,25)(H,19,21,23)/t14-/m1/s1. The molecule has 1 aliphatic rings. The highest BCUT2D eigenvalue weighted by Gasteiger charge is 2.37. The summed E-state index contributed by atoms with van der Waals surface area (Å²) in [7, 11) is 1.57. The van der Waals surface area contributed by atoms with Crippen LogP contribution < -0.4 is 15.4 Å².